The van der Waals surface area contributed by atoms with Crippen molar-refractivity contribution in [3.63, 3.8) is 0 Å². The zero-order valence-electron chi connectivity index (χ0n) is 15.1. The summed E-state index contributed by atoms with van der Waals surface area (Å²) >= 11 is 0. The Morgan fingerprint density at radius 3 is 2.92 bits per heavy atom. The van der Waals surface area contributed by atoms with E-state index < -0.39 is 18.3 Å². The lowest BCUT2D eigenvalue weighted by Crippen LogP contribution is -2.49. The van der Waals surface area contributed by atoms with E-state index in [0.717, 1.165) is 17.6 Å². The number of hydrogen-bond acceptors (Lipinski definition) is 5. The molecular formula is C19H25NO5. The first-order valence-electron chi connectivity index (χ1n) is 8.76. The first-order valence-corrected chi connectivity index (χ1v) is 8.76. The molecule has 0 aromatic heterocycles. The summed E-state index contributed by atoms with van der Waals surface area (Å²) in [4.78, 5) is 23.8. The Labute approximate surface area is 147 Å². The topological polar surface area (TPSA) is 84.9 Å². The van der Waals surface area contributed by atoms with Crippen LogP contribution in [0.1, 0.15) is 40.5 Å². The first-order chi connectivity index (χ1) is 11.8. The highest BCUT2D eigenvalue weighted by Crippen LogP contribution is 2.53. The number of aliphatic hydroxyl groups excluding tert-OH is 1. The molecule has 4 atom stereocenters. The van der Waals surface area contributed by atoms with Gasteiger partial charge in [-0.1, -0.05) is 20.8 Å². The molecule has 0 unspecified atom stereocenters. The molecule has 0 aromatic rings. The van der Waals surface area contributed by atoms with Crippen molar-refractivity contribution in [1.82, 2.24) is 5.32 Å². The number of carbonyl (C=O) groups is 2. The number of amides is 1. The SMILES string of the molecule is CCCNC(=O)O[C@H]1[C@@H](O)C=C2C=C3OC(=O)C(C)=C3C[C@]2(C)[C@H]1C. The van der Waals surface area contributed by atoms with E-state index in [9.17, 15) is 14.7 Å². The van der Waals surface area contributed by atoms with E-state index in [2.05, 4.69) is 12.2 Å². The smallest absolute Gasteiger partial charge is 0.407 e. The van der Waals surface area contributed by atoms with E-state index in [0.29, 0.717) is 24.3 Å². The standard InChI is InChI=1S/C19H25NO5/c1-5-6-20-18(23)25-16-11(3)19(4)9-13-10(2)17(22)24-15(13)8-12(19)7-14(16)21/h7-8,11,14,16,21H,5-6,9H2,1-4H3,(H,20,23)/t11-,14-,16+,19+/m0/s1. The molecule has 2 N–H and O–H groups in total. The number of allylic oxidation sites excluding steroid dienone is 3. The first kappa shape index (κ1) is 17.7. The summed E-state index contributed by atoms with van der Waals surface area (Å²) in [5, 5.41) is 13.2. The average molecular weight is 347 g/mol. The van der Waals surface area contributed by atoms with Gasteiger partial charge in [-0.05, 0) is 37.5 Å². The van der Waals surface area contributed by atoms with Gasteiger partial charge in [-0.3, -0.25) is 0 Å². The Hall–Kier alpha value is -2.08. The highest BCUT2D eigenvalue weighted by atomic mass is 16.6. The van der Waals surface area contributed by atoms with Gasteiger partial charge in [0.05, 0.1) is 0 Å². The number of aliphatic hydroxyl groups is 1. The Morgan fingerprint density at radius 1 is 1.52 bits per heavy atom. The number of esters is 1. The van der Waals surface area contributed by atoms with Crippen LogP contribution >= 0.6 is 0 Å². The number of carbonyl (C=O) groups excluding carboxylic acids is 2. The molecule has 1 aliphatic heterocycles. The van der Waals surface area contributed by atoms with Crippen LogP contribution in [0.4, 0.5) is 4.79 Å². The quantitative estimate of drug-likeness (QED) is 0.767. The lowest BCUT2D eigenvalue weighted by Gasteiger charge is -2.47. The number of fused-ring (bicyclic) bond motifs is 2. The summed E-state index contributed by atoms with van der Waals surface area (Å²) in [6, 6.07) is 0. The normalized spacial score (nSPS) is 33.8. The molecule has 0 fully saturated rings. The van der Waals surface area contributed by atoms with E-state index in [-0.39, 0.29) is 17.3 Å². The fourth-order valence-electron chi connectivity index (χ4n) is 3.82. The van der Waals surface area contributed by atoms with Crippen LogP contribution in [0.3, 0.4) is 0 Å². The Balaban J connectivity index is 1.90. The molecule has 3 aliphatic rings. The minimum Gasteiger partial charge on any atom is -0.443 e. The minimum atomic E-state index is -0.897. The predicted octanol–water partition coefficient (Wildman–Crippen LogP) is 2.60. The molecule has 6 heteroatoms. The maximum Gasteiger partial charge on any atom is 0.407 e. The number of nitrogens with one attached hydrogen (secondary N) is 1. The molecule has 0 radical (unpaired) electrons. The van der Waals surface area contributed by atoms with Crippen molar-refractivity contribution in [1.29, 1.82) is 0 Å². The average Bonchev–Trinajstić information content (AvgIpc) is 2.83. The molecule has 1 amide bonds. The van der Waals surface area contributed by atoms with E-state index in [4.69, 9.17) is 9.47 Å². The van der Waals surface area contributed by atoms with Crippen LogP contribution in [0.25, 0.3) is 0 Å². The second-order valence-electron chi connectivity index (χ2n) is 7.29. The number of ether oxygens (including phenoxy) is 2. The van der Waals surface area contributed by atoms with Gasteiger partial charge in [-0.25, -0.2) is 9.59 Å². The van der Waals surface area contributed by atoms with Crippen molar-refractivity contribution in [2.45, 2.75) is 52.7 Å². The van der Waals surface area contributed by atoms with Gasteiger partial charge in [0, 0.05) is 29.0 Å². The molecular weight excluding hydrogens is 322 g/mol. The zero-order chi connectivity index (χ0) is 18.4. The van der Waals surface area contributed by atoms with Gasteiger partial charge in [-0.15, -0.1) is 0 Å². The number of hydrogen-bond donors (Lipinski definition) is 2. The number of rotatable bonds is 3. The molecule has 3 rings (SSSR count). The molecule has 2 aliphatic carbocycles. The summed E-state index contributed by atoms with van der Waals surface area (Å²) in [5.41, 5.74) is 2.11. The molecule has 25 heavy (non-hydrogen) atoms. The van der Waals surface area contributed by atoms with Crippen LogP contribution in [0, 0.1) is 11.3 Å². The number of alkyl carbamates (subject to hydrolysis) is 1. The molecule has 1 heterocycles. The lowest BCUT2D eigenvalue weighted by atomic mass is 9.60. The second kappa shape index (κ2) is 6.33. The minimum absolute atomic E-state index is 0.122. The molecule has 0 saturated carbocycles. The van der Waals surface area contributed by atoms with Crippen LogP contribution in [0.5, 0.6) is 0 Å². The van der Waals surface area contributed by atoms with Gasteiger partial charge >= 0.3 is 12.1 Å². The highest BCUT2D eigenvalue weighted by molar-refractivity contribution is 5.94. The van der Waals surface area contributed by atoms with Gasteiger partial charge in [-0.2, -0.15) is 0 Å². The van der Waals surface area contributed by atoms with E-state index in [1.54, 1.807) is 13.0 Å². The zero-order valence-corrected chi connectivity index (χ0v) is 15.1. The Bertz CT molecular complexity index is 705. The molecule has 6 nitrogen and oxygen atoms in total. The molecule has 0 spiro atoms. The summed E-state index contributed by atoms with van der Waals surface area (Å²) in [7, 11) is 0. The second-order valence-corrected chi connectivity index (χ2v) is 7.29. The largest absolute Gasteiger partial charge is 0.443 e. The third-order valence-corrected chi connectivity index (χ3v) is 5.70. The van der Waals surface area contributed by atoms with Crippen molar-refractivity contribution in [3.05, 3.63) is 34.6 Å². The van der Waals surface area contributed by atoms with E-state index >= 15 is 0 Å². The summed E-state index contributed by atoms with van der Waals surface area (Å²) in [5.74, 6) is 0.137. The highest BCUT2D eigenvalue weighted by Gasteiger charge is 2.50. The predicted molar refractivity (Wildman–Crippen MR) is 91.4 cm³/mol. The van der Waals surface area contributed by atoms with Crippen molar-refractivity contribution in [3.8, 4) is 0 Å². The van der Waals surface area contributed by atoms with Crippen molar-refractivity contribution >= 4 is 12.1 Å². The third kappa shape index (κ3) is 2.88. The maximum atomic E-state index is 12.0. The maximum absolute atomic E-state index is 12.0. The van der Waals surface area contributed by atoms with Crippen LogP contribution in [-0.4, -0.2) is 35.9 Å². The van der Waals surface area contributed by atoms with Gasteiger partial charge in [0.25, 0.3) is 0 Å². The third-order valence-electron chi connectivity index (χ3n) is 5.70. The van der Waals surface area contributed by atoms with Crippen LogP contribution in [-0.2, 0) is 14.3 Å². The van der Waals surface area contributed by atoms with Gasteiger partial charge in [0.1, 0.15) is 18.0 Å². The molecule has 0 aromatic carbocycles. The van der Waals surface area contributed by atoms with E-state index in [1.807, 2.05) is 19.9 Å². The summed E-state index contributed by atoms with van der Waals surface area (Å²) < 4.78 is 10.8. The fourth-order valence-corrected chi connectivity index (χ4v) is 3.82. The molecule has 136 valence electrons. The van der Waals surface area contributed by atoms with Crippen molar-refractivity contribution in [2.24, 2.45) is 11.3 Å². The summed E-state index contributed by atoms with van der Waals surface area (Å²) in [6.45, 7) is 8.31. The monoisotopic (exact) mass is 347 g/mol. The van der Waals surface area contributed by atoms with Gasteiger partial charge in [0.15, 0.2) is 0 Å². The molecule has 0 bridgehead atoms. The fraction of sp³-hybridized carbons (Fsp3) is 0.579. The van der Waals surface area contributed by atoms with Crippen molar-refractivity contribution in [2.75, 3.05) is 6.54 Å². The lowest BCUT2D eigenvalue weighted by molar-refractivity contribution is -0.133. The Morgan fingerprint density at radius 2 is 2.24 bits per heavy atom. The molecule has 0 saturated heterocycles. The van der Waals surface area contributed by atoms with Crippen LogP contribution in [0.15, 0.2) is 34.6 Å². The van der Waals surface area contributed by atoms with Gasteiger partial charge < -0.3 is 19.9 Å². The Kier molecular flexibility index (Phi) is 4.49. The van der Waals surface area contributed by atoms with Crippen LogP contribution in [0.2, 0.25) is 0 Å². The van der Waals surface area contributed by atoms with Crippen LogP contribution < -0.4 is 5.32 Å². The van der Waals surface area contributed by atoms with Crippen molar-refractivity contribution < 1.29 is 24.2 Å². The summed E-state index contributed by atoms with van der Waals surface area (Å²) in [6.07, 6.45) is 2.93. The van der Waals surface area contributed by atoms with Gasteiger partial charge in [0.2, 0.25) is 0 Å². The van der Waals surface area contributed by atoms with E-state index in [1.165, 1.54) is 0 Å².